The maximum Gasteiger partial charge on any atom is 0.264 e. The molecular formula is C26H34F3N5O2. The fourth-order valence-corrected chi connectivity index (χ4v) is 4.97. The summed E-state index contributed by atoms with van der Waals surface area (Å²) >= 11 is 0. The van der Waals surface area contributed by atoms with Crippen molar-refractivity contribution >= 4 is 16.9 Å². The highest BCUT2D eigenvalue weighted by atomic mass is 19.3. The number of nitrogens with one attached hydrogen (secondary N) is 2. The fraction of sp³-hybridized carbons (Fsp3) is 0.500. The molecule has 2 aliphatic rings. The van der Waals surface area contributed by atoms with Crippen molar-refractivity contribution in [3.63, 3.8) is 0 Å². The number of aromatic nitrogens is 1. The van der Waals surface area contributed by atoms with Gasteiger partial charge in [0.05, 0.1) is 11.4 Å². The lowest BCUT2D eigenvalue weighted by atomic mass is 9.98. The molecule has 0 amide bonds. The number of anilines is 2. The summed E-state index contributed by atoms with van der Waals surface area (Å²) in [5.41, 5.74) is 1.89. The van der Waals surface area contributed by atoms with E-state index in [1.807, 2.05) is 6.08 Å². The first kappa shape index (κ1) is 26.2. The second-order valence-electron chi connectivity index (χ2n) is 9.77. The van der Waals surface area contributed by atoms with E-state index in [0.717, 1.165) is 11.6 Å². The van der Waals surface area contributed by atoms with Gasteiger partial charge in [-0.1, -0.05) is 6.08 Å². The van der Waals surface area contributed by atoms with E-state index >= 15 is 4.39 Å². The number of hydroxylamine groups is 2. The van der Waals surface area contributed by atoms with Crippen molar-refractivity contribution in [3.8, 4) is 0 Å². The van der Waals surface area contributed by atoms with Crippen molar-refractivity contribution in [1.82, 2.24) is 14.9 Å². The number of nitrogens with zero attached hydrogens (tertiary/aromatic N) is 3. The third-order valence-electron chi connectivity index (χ3n) is 7.30. The predicted octanol–water partition coefficient (Wildman–Crippen LogP) is 4.46. The third-order valence-corrected chi connectivity index (χ3v) is 7.30. The Morgan fingerprint density at radius 2 is 1.89 bits per heavy atom. The molecular weight excluding hydrogens is 471 g/mol. The number of aromatic amines is 1. The Morgan fingerprint density at radius 3 is 2.58 bits per heavy atom. The zero-order valence-corrected chi connectivity index (χ0v) is 20.9. The van der Waals surface area contributed by atoms with Crippen molar-refractivity contribution in [1.29, 1.82) is 0 Å². The van der Waals surface area contributed by atoms with E-state index < -0.39 is 12.0 Å². The first-order valence-electron chi connectivity index (χ1n) is 12.3. The van der Waals surface area contributed by atoms with Crippen LogP contribution in [-0.4, -0.2) is 65.5 Å². The van der Waals surface area contributed by atoms with Gasteiger partial charge in [-0.2, -0.15) is 5.06 Å². The number of pyridine rings is 1. The van der Waals surface area contributed by atoms with Crippen LogP contribution in [0.25, 0.3) is 5.57 Å². The molecule has 2 atom stereocenters. The van der Waals surface area contributed by atoms with Gasteiger partial charge in [-0.15, -0.1) is 0 Å². The molecule has 3 heterocycles. The van der Waals surface area contributed by atoms with Gasteiger partial charge < -0.3 is 20.4 Å². The highest BCUT2D eigenvalue weighted by Gasteiger charge is 2.29. The molecule has 4 rings (SSSR count). The van der Waals surface area contributed by atoms with Gasteiger partial charge in [0.1, 0.15) is 5.82 Å². The molecule has 196 valence electrons. The molecule has 3 N–H and O–H groups in total. The molecule has 1 aromatic heterocycles. The average Bonchev–Trinajstić information content (AvgIpc) is 3.06. The molecule has 0 bridgehead atoms. The van der Waals surface area contributed by atoms with Crippen LogP contribution in [0.2, 0.25) is 0 Å². The highest BCUT2D eigenvalue weighted by molar-refractivity contribution is 5.78. The maximum absolute atomic E-state index is 15.5. The third kappa shape index (κ3) is 5.77. The van der Waals surface area contributed by atoms with Crippen molar-refractivity contribution in [2.45, 2.75) is 51.7 Å². The normalized spacial score (nSPS) is 22.0. The predicted molar refractivity (Wildman–Crippen MR) is 135 cm³/mol. The highest BCUT2D eigenvalue weighted by Crippen LogP contribution is 2.36. The van der Waals surface area contributed by atoms with Gasteiger partial charge in [-0.25, -0.2) is 13.2 Å². The second kappa shape index (κ2) is 11.1. The van der Waals surface area contributed by atoms with E-state index in [9.17, 15) is 18.8 Å². The van der Waals surface area contributed by atoms with Crippen LogP contribution in [0.3, 0.4) is 0 Å². The number of piperazine rings is 1. The van der Waals surface area contributed by atoms with Crippen molar-refractivity contribution in [2.75, 3.05) is 43.4 Å². The molecule has 0 unspecified atom stereocenters. The van der Waals surface area contributed by atoms with Crippen molar-refractivity contribution in [2.24, 2.45) is 0 Å². The molecule has 2 aromatic rings. The topological polar surface area (TPSA) is 74.8 Å². The summed E-state index contributed by atoms with van der Waals surface area (Å²) in [6.07, 6.45) is 1.53. The van der Waals surface area contributed by atoms with E-state index in [1.165, 1.54) is 17.3 Å². The van der Waals surface area contributed by atoms with Gasteiger partial charge >= 0.3 is 0 Å². The molecule has 36 heavy (non-hydrogen) atoms. The average molecular weight is 506 g/mol. The largest absolute Gasteiger partial charge is 0.379 e. The summed E-state index contributed by atoms with van der Waals surface area (Å²) < 4.78 is 42.7. The minimum absolute atomic E-state index is 0.0385. The van der Waals surface area contributed by atoms with E-state index in [1.54, 1.807) is 6.07 Å². The number of likely N-dealkylation sites (N-methyl/N-ethyl adjacent to an activating group) is 1. The summed E-state index contributed by atoms with van der Waals surface area (Å²) in [5, 5.41) is 14.3. The SMILES string of the molecule is C[C@@H]1CN(c2cc(F)c(C3=CCCN(O)CC3)cc2NCc2c[nH]c(=O)cc2C(F)F)C[C@H](C)N1C. The molecule has 0 spiro atoms. The monoisotopic (exact) mass is 505 g/mol. The van der Waals surface area contributed by atoms with Crippen LogP contribution in [0.5, 0.6) is 0 Å². The van der Waals surface area contributed by atoms with Gasteiger partial charge in [0.2, 0.25) is 5.56 Å². The zero-order chi connectivity index (χ0) is 26.0. The molecule has 2 aliphatic heterocycles. The Kier molecular flexibility index (Phi) is 8.07. The van der Waals surface area contributed by atoms with Crippen LogP contribution in [-0.2, 0) is 6.54 Å². The second-order valence-corrected chi connectivity index (χ2v) is 9.77. The number of halogens is 3. The number of benzene rings is 1. The molecule has 0 radical (unpaired) electrons. The molecule has 0 aliphatic carbocycles. The number of rotatable bonds is 6. The van der Waals surface area contributed by atoms with Crippen LogP contribution in [0.4, 0.5) is 24.5 Å². The number of hydrogen-bond acceptors (Lipinski definition) is 6. The fourth-order valence-electron chi connectivity index (χ4n) is 4.97. The first-order chi connectivity index (χ1) is 17.1. The molecule has 7 nitrogen and oxygen atoms in total. The Balaban J connectivity index is 1.71. The Labute approximate surface area is 209 Å². The summed E-state index contributed by atoms with van der Waals surface area (Å²) in [5.74, 6) is -0.357. The zero-order valence-electron chi connectivity index (χ0n) is 20.9. The van der Waals surface area contributed by atoms with Crippen LogP contribution < -0.4 is 15.8 Å². The van der Waals surface area contributed by atoms with Crippen molar-refractivity contribution in [3.05, 3.63) is 63.3 Å². The number of H-pyrrole nitrogens is 1. The Hall–Kier alpha value is -2.82. The van der Waals surface area contributed by atoms with Crippen LogP contribution in [0.15, 0.2) is 35.3 Å². The van der Waals surface area contributed by atoms with Crippen LogP contribution >= 0.6 is 0 Å². The summed E-state index contributed by atoms with van der Waals surface area (Å²) in [4.78, 5) is 18.5. The molecule has 10 heteroatoms. The van der Waals surface area contributed by atoms with Crippen molar-refractivity contribution < 1.29 is 18.4 Å². The lowest BCUT2D eigenvalue weighted by Gasteiger charge is -2.44. The van der Waals surface area contributed by atoms with Gasteiger partial charge in [-0.05, 0) is 57.0 Å². The summed E-state index contributed by atoms with van der Waals surface area (Å²) in [6.45, 7) is 6.54. The minimum atomic E-state index is -2.79. The maximum atomic E-state index is 15.5. The molecule has 1 aromatic carbocycles. The van der Waals surface area contributed by atoms with Gasteiger partial charge in [0.25, 0.3) is 6.43 Å². The summed E-state index contributed by atoms with van der Waals surface area (Å²) in [6, 6.07) is 4.67. The minimum Gasteiger partial charge on any atom is -0.379 e. The van der Waals surface area contributed by atoms with E-state index in [4.69, 9.17) is 0 Å². The molecule has 1 fully saturated rings. The lowest BCUT2D eigenvalue weighted by Crippen LogP contribution is -2.55. The molecule has 0 saturated carbocycles. The Morgan fingerprint density at radius 1 is 1.17 bits per heavy atom. The lowest BCUT2D eigenvalue weighted by molar-refractivity contribution is -0.0859. The van der Waals surface area contributed by atoms with Gasteiger partial charge in [-0.3, -0.25) is 9.69 Å². The quantitative estimate of drug-likeness (QED) is 0.538. The van der Waals surface area contributed by atoms with E-state index in [2.05, 4.69) is 41.0 Å². The van der Waals surface area contributed by atoms with Gasteiger partial charge in [0.15, 0.2) is 0 Å². The Bertz CT molecular complexity index is 1160. The van der Waals surface area contributed by atoms with E-state index in [-0.39, 0.29) is 35.6 Å². The van der Waals surface area contributed by atoms with Crippen LogP contribution in [0.1, 0.15) is 49.8 Å². The number of alkyl halides is 2. The van der Waals surface area contributed by atoms with E-state index in [0.29, 0.717) is 56.0 Å². The first-order valence-corrected chi connectivity index (χ1v) is 12.3. The molecule has 1 saturated heterocycles. The standard InChI is InChI=1S/C26H34F3N5O2/c1-16-14-33(15-17(2)32(16)3)24-11-22(27)20(18-5-4-7-34(36)8-6-18)9-23(24)30-12-19-13-31-25(35)10-21(19)26(28)29/h5,9-11,13,16-17,26,30,36H,4,6-8,12,14-15H2,1-3H3,(H,31,35)/t16-,17+. The smallest absolute Gasteiger partial charge is 0.264 e. The number of hydrogen-bond donors (Lipinski definition) is 3. The van der Waals surface area contributed by atoms with Gasteiger partial charge in [0, 0.05) is 68.2 Å². The summed E-state index contributed by atoms with van der Waals surface area (Å²) in [7, 11) is 2.07. The van der Waals surface area contributed by atoms with Crippen LogP contribution in [0, 0.1) is 5.82 Å².